The van der Waals surface area contributed by atoms with E-state index in [1.807, 2.05) is 6.92 Å². The summed E-state index contributed by atoms with van der Waals surface area (Å²) in [6.45, 7) is 3.97. The highest BCUT2D eigenvalue weighted by atomic mass is 35.5. The van der Waals surface area contributed by atoms with Gasteiger partial charge in [-0.15, -0.1) is 0 Å². The minimum absolute atomic E-state index is 0.0418. The maximum Gasteiger partial charge on any atom is 0.313 e. The van der Waals surface area contributed by atoms with Gasteiger partial charge < -0.3 is 9.47 Å². The number of halogens is 1. The first-order chi connectivity index (χ1) is 12.3. The average Bonchev–Trinajstić information content (AvgIpc) is 3.19. The number of carbonyl (C=O) groups excluding carboxylic acids is 1. The Bertz CT molecular complexity index is 812. The number of carbonyl (C=O) groups is 1. The number of ether oxygens (including phenoxy) is 2. The zero-order valence-corrected chi connectivity index (χ0v) is 16.8. The standard InChI is InChI=1S/C18H24ClNO5S/c1-4-18(17(21)25-5-2)11-13-7-9-16(18)20(13)26(22,23)15-10-12(19)6-8-14(15)24-3/h6,8,10,13,16H,4-5,7,9,11H2,1-3H3/t13-,16+,18+/m0/s1. The van der Waals surface area contributed by atoms with E-state index < -0.39 is 21.5 Å². The molecule has 0 N–H and O–H groups in total. The lowest BCUT2D eigenvalue weighted by Crippen LogP contribution is -2.45. The van der Waals surface area contributed by atoms with Crippen LogP contribution in [0.1, 0.15) is 39.5 Å². The van der Waals surface area contributed by atoms with Crippen LogP contribution in [0.5, 0.6) is 5.75 Å². The van der Waals surface area contributed by atoms with Crippen LogP contribution in [0.25, 0.3) is 0 Å². The smallest absolute Gasteiger partial charge is 0.313 e. The lowest BCUT2D eigenvalue weighted by atomic mass is 9.72. The molecule has 0 aromatic heterocycles. The Morgan fingerprint density at radius 3 is 2.69 bits per heavy atom. The van der Waals surface area contributed by atoms with Crippen molar-refractivity contribution in [2.45, 2.75) is 56.5 Å². The molecule has 26 heavy (non-hydrogen) atoms. The van der Waals surface area contributed by atoms with Crippen molar-refractivity contribution in [1.82, 2.24) is 4.31 Å². The summed E-state index contributed by atoms with van der Waals surface area (Å²) in [6.07, 6.45) is 2.44. The van der Waals surface area contributed by atoms with Gasteiger partial charge in [0.15, 0.2) is 0 Å². The first-order valence-corrected chi connectivity index (χ1v) is 10.7. The summed E-state index contributed by atoms with van der Waals surface area (Å²) in [5, 5.41) is 0.322. The highest BCUT2D eigenvalue weighted by Gasteiger charge is 2.63. The van der Waals surface area contributed by atoms with Gasteiger partial charge in [-0.2, -0.15) is 4.31 Å². The fraction of sp³-hybridized carbons (Fsp3) is 0.611. The number of rotatable bonds is 6. The Morgan fingerprint density at radius 1 is 1.35 bits per heavy atom. The van der Waals surface area contributed by atoms with Crippen LogP contribution in [-0.2, 0) is 19.6 Å². The molecule has 0 saturated carbocycles. The van der Waals surface area contributed by atoms with Gasteiger partial charge in [-0.25, -0.2) is 8.42 Å². The van der Waals surface area contributed by atoms with Crippen LogP contribution >= 0.6 is 11.6 Å². The largest absolute Gasteiger partial charge is 0.495 e. The minimum Gasteiger partial charge on any atom is -0.495 e. The topological polar surface area (TPSA) is 72.9 Å². The Labute approximate surface area is 159 Å². The number of nitrogens with zero attached hydrogens (tertiary/aromatic N) is 1. The Kier molecular flexibility index (Phi) is 5.25. The maximum atomic E-state index is 13.4. The normalized spacial score (nSPS) is 28.3. The van der Waals surface area contributed by atoms with Gasteiger partial charge in [-0.05, 0) is 50.8 Å². The van der Waals surface area contributed by atoms with Crippen molar-refractivity contribution >= 4 is 27.6 Å². The van der Waals surface area contributed by atoms with Crippen molar-refractivity contribution in [2.24, 2.45) is 5.41 Å². The molecule has 1 aromatic carbocycles. The molecule has 0 radical (unpaired) electrons. The average molecular weight is 402 g/mol. The van der Waals surface area contributed by atoms with E-state index in [1.54, 1.807) is 19.1 Å². The first-order valence-electron chi connectivity index (χ1n) is 8.86. The van der Waals surface area contributed by atoms with E-state index in [0.717, 1.165) is 6.42 Å². The van der Waals surface area contributed by atoms with E-state index in [4.69, 9.17) is 21.1 Å². The molecule has 2 heterocycles. The molecular formula is C18H24ClNO5S. The van der Waals surface area contributed by atoms with Crippen LogP contribution in [0.15, 0.2) is 23.1 Å². The van der Waals surface area contributed by atoms with Crippen molar-refractivity contribution in [2.75, 3.05) is 13.7 Å². The fourth-order valence-corrected chi connectivity index (χ4v) is 6.84. The molecule has 144 valence electrons. The molecule has 2 aliphatic rings. The van der Waals surface area contributed by atoms with Gasteiger partial charge >= 0.3 is 5.97 Å². The molecule has 2 fully saturated rings. The second-order valence-electron chi connectivity index (χ2n) is 6.81. The van der Waals surface area contributed by atoms with Gasteiger partial charge in [0.25, 0.3) is 0 Å². The highest BCUT2D eigenvalue weighted by Crippen LogP contribution is 2.54. The lowest BCUT2D eigenvalue weighted by molar-refractivity contribution is -0.157. The zero-order chi connectivity index (χ0) is 19.1. The molecule has 2 saturated heterocycles. The van der Waals surface area contributed by atoms with Gasteiger partial charge in [-0.3, -0.25) is 4.79 Å². The van der Waals surface area contributed by atoms with E-state index in [0.29, 0.717) is 24.3 Å². The number of esters is 1. The third kappa shape index (κ3) is 2.80. The second-order valence-corrected chi connectivity index (χ2v) is 9.06. The summed E-state index contributed by atoms with van der Waals surface area (Å²) in [6, 6.07) is 3.94. The Morgan fingerprint density at radius 2 is 2.08 bits per heavy atom. The van der Waals surface area contributed by atoms with Crippen LogP contribution in [0.4, 0.5) is 0 Å². The first kappa shape index (κ1) is 19.5. The number of sulfonamides is 1. The Balaban J connectivity index is 2.05. The van der Waals surface area contributed by atoms with Crippen LogP contribution < -0.4 is 4.74 Å². The van der Waals surface area contributed by atoms with E-state index in [2.05, 4.69) is 0 Å². The third-order valence-electron chi connectivity index (χ3n) is 5.67. The second kappa shape index (κ2) is 7.02. The molecule has 6 nitrogen and oxygen atoms in total. The summed E-state index contributed by atoms with van der Waals surface area (Å²) >= 11 is 6.04. The summed E-state index contributed by atoms with van der Waals surface area (Å²) in [4.78, 5) is 12.7. The molecule has 0 unspecified atom stereocenters. The predicted molar refractivity (Wildman–Crippen MR) is 97.8 cm³/mol. The van der Waals surface area contributed by atoms with Gasteiger partial charge in [-0.1, -0.05) is 18.5 Å². The molecule has 1 aromatic rings. The number of hydrogen-bond acceptors (Lipinski definition) is 5. The van der Waals surface area contributed by atoms with Crippen LogP contribution in [0.2, 0.25) is 5.02 Å². The molecule has 8 heteroatoms. The maximum absolute atomic E-state index is 13.4. The van der Waals surface area contributed by atoms with Crippen molar-refractivity contribution < 1.29 is 22.7 Å². The summed E-state index contributed by atoms with van der Waals surface area (Å²) in [5.41, 5.74) is -0.780. The molecule has 2 bridgehead atoms. The quantitative estimate of drug-likeness (QED) is 0.684. The zero-order valence-electron chi connectivity index (χ0n) is 15.2. The molecule has 0 aliphatic carbocycles. The summed E-state index contributed by atoms with van der Waals surface area (Å²) in [7, 11) is -2.43. The van der Waals surface area contributed by atoms with Gasteiger partial charge in [0.1, 0.15) is 10.6 Å². The number of methoxy groups -OCH3 is 1. The van der Waals surface area contributed by atoms with Gasteiger partial charge in [0.2, 0.25) is 10.0 Å². The summed E-state index contributed by atoms with van der Waals surface area (Å²) in [5.74, 6) is -0.0492. The third-order valence-corrected chi connectivity index (χ3v) is 7.89. The van der Waals surface area contributed by atoms with Crippen LogP contribution in [-0.4, -0.2) is 44.5 Å². The molecule has 3 rings (SSSR count). The predicted octanol–water partition coefficient (Wildman–Crippen LogP) is 3.23. The molecule has 0 amide bonds. The summed E-state index contributed by atoms with van der Waals surface area (Å²) < 4.78 is 38.9. The lowest BCUT2D eigenvalue weighted by Gasteiger charge is -2.34. The highest BCUT2D eigenvalue weighted by molar-refractivity contribution is 7.89. The number of hydrogen-bond donors (Lipinski definition) is 0. The SMILES string of the molecule is CCOC(=O)[C@]1(CC)C[C@@H]2CC[C@H]1N2S(=O)(=O)c1cc(Cl)ccc1OC. The minimum atomic E-state index is -3.85. The van der Waals surface area contributed by atoms with Crippen molar-refractivity contribution in [3.8, 4) is 5.75 Å². The number of benzene rings is 1. The molecule has 0 spiro atoms. The van der Waals surface area contributed by atoms with E-state index in [9.17, 15) is 13.2 Å². The van der Waals surface area contributed by atoms with Crippen molar-refractivity contribution in [1.29, 1.82) is 0 Å². The van der Waals surface area contributed by atoms with E-state index >= 15 is 0 Å². The van der Waals surface area contributed by atoms with E-state index in [1.165, 1.54) is 17.5 Å². The molecular weight excluding hydrogens is 378 g/mol. The van der Waals surface area contributed by atoms with Crippen LogP contribution in [0.3, 0.4) is 0 Å². The van der Waals surface area contributed by atoms with Crippen molar-refractivity contribution in [3.63, 3.8) is 0 Å². The Hall–Kier alpha value is -1.31. The van der Waals surface area contributed by atoms with Gasteiger partial charge in [0, 0.05) is 17.1 Å². The molecule has 2 aliphatic heterocycles. The van der Waals surface area contributed by atoms with E-state index in [-0.39, 0.29) is 29.3 Å². The van der Waals surface area contributed by atoms with Crippen LogP contribution in [0, 0.1) is 5.41 Å². The van der Waals surface area contributed by atoms with Gasteiger partial charge in [0.05, 0.1) is 19.1 Å². The number of fused-ring (bicyclic) bond motifs is 2. The van der Waals surface area contributed by atoms with Crippen molar-refractivity contribution in [3.05, 3.63) is 23.2 Å². The molecule has 3 atom stereocenters. The monoisotopic (exact) mass is 401 g/mol. The fourth-order valence-electron chi connectivity index (χ4n) is 4.48.